The molecule has 0 spiro atoms. The summed E-state index contributed by atoms with van der Waals surface area (Å²) in [5.41, 5.74) is 1.16. The van der Waals surface area contributed by atoms with E-state index in [9.17, 15) is 0 Å². The largest absolute Gasteiger partial charge is 0.491 e. The zero-order valence-electron chi connectivity index (χ0n) is 14.7. The van der Waals surface area contributed by atoms with Crippen LogP contribution in [0.3, 0.4) is 0 Å². The standard InChI is InChI=1S/C21H28O3/c1-3-4-8-18(2)22-15-16-23-20-11-13-21(14-12-20)24-17-19-9-6-5-7-10-19/h5-7,9-14,18H,3-4,8,15-17H2,1-2H3. The van der Waals surface area contributed by atoms with E-state index in [4.69, 9.17) is 14.2 Å². The van der Waals surface area contributed by atoms with Crippen molar-refractivity contribution in [1.29, 1.82) is 0 Å². The van der Waals surface area contributed by atoms with Gasteiger partial charge in [-0.3, -0.25) is 0 Å². The summed E-state index contributed by atoms with van der Waals surface area (Å²) >= 11 is 0. The lowest BCUT2D eigenvalue weighted by molar-refractivity contribution is 0.0387. The SMILES string of the molecule is CCCCC(C)OCCOc1ccc(OCc2ccccc2)cc1. The molecule has 0 bridgehead atoms. The van der Waals surface area contributed by atoms with Gasteiger partial charge in [-0.2, -0.15) is 0 Å². The van der Waals surface area contributed by atoms with Crippen LogP contribution in [0.25, 0.3) is 0 Å². The van der Waals surface area contributed by atoms with Crippen LogP contribution >= 0.6 is 0 Å². The molecule has 0 aromatic heterocycles. The molecule has 0 aliphatic carbocycles. The predicted molar refractivity (Wildman–Crippen MR) is 97.7 cm³/mol. The minimum absolute atomic E-state index is 0.308. The minimum atomic E-state index is 0.308. The van der Waals surface area contributed by atoms with Gasteiger partial charge in [-0.1, -0.05) is 50.1 Å². The molecule has 0 aliphatic heterocycles. The summed E-state index contributed by atoms with van der Waals surface area (Å²) in [7, 11) is 0. The molecule has 1 unspecified atom stereocenters. The molecule has 0 heterocycles. The third-order valence-electron chi connectivity index (χ3n) is 3.79. The molecule has 0 radical (unpaired) electrons. The van der Waals surface area contributed by atoms with Crippen LogP contribution < -0.4 is 9.47 Å². The number of hydrogen-bond acceptors (Lipinski definition) is 3. The second-order valence-corrected chi connectivity index (χ2v) is 5.92. The maximum Gasteiger partial charge on any atom is 0.120 e. The molecule has 2 aromatic carbocycles. The van der Waals surface area contributed by atoms with E-state index in [1.54, 1.807) is 0 Å². The number of rotatable bonds is 11. The summed E-state index contributed by atoms with van der Waals surface area (Å²) in [6, 6.07) is 17.9. The van der Waals surface area contributed by atoms with E-state index in [0.717, 1.165) is 23.5 Å². The normalized spacial score (nSPS) is 11.9. The lowest BCUT2D eigenvalue weighted by atomic mass is 10.2. The van der Waals surface area contributed by atoms with Crippen molar-refractivity contribution in [2.24, 2.45) is 0 Å². The third kappa shape index (κ3) is 7.05. The Hall–Kier alpha value is -2.00. The molecule has 1 atom stereocenters. The van der Waals surface area contributed by atoms with Crippen molar-refractivity contribution in [3.05, 3.63) is 60.2 Å². The number of ether oxygens (including phenoxy) is 3. The summed E-state index contributed by atoms with van der Waals surface area (Å²) in [6.07, 6.45) is 3.85. The van der Waals surface area contributed by atoms with Crippen LogP contribution in [0.2, 0.25) is 0 Å². The first kappa shape index (κ1) is 18.3. The van der Waals surface area contributed by atoms with Crippen molar-refractivity contribution in [1.82, 2.24) is 0 Å². The fourth-order valence-corrected chi connectivity index (χ4v) is 2.36. The smallest absolute Gasteiger partial charge is 0.120 e. The quantitative estimate of drug-likeness (QED) is 0.528. The van der Waals surface area contributed by atoms with E-state index in [2.05, 4.69) is 26.0 Å². The Bertz CT molecular complexity index is 551. The summed E-state index contributed by atoms with van der Waals surface area (Å²) in [4.78, 5) is 0. The Kier molecular flexibility index (Phi) is 8.19. The van der Waals surface area contributed by atoms with Crippen molar-refractivity contribution >= 4 is 0 Å². The summed E-state index contributed by atoms with van der Waals surface area (Å²) in [6.45, 7) is 6.08. The fourth-order valence-electron chi connectivity index (χ4n) is 2.36. The maximum atomic E-state index is 5.76. The zero-order valence-corrected chi connectivity index (χ0v) is 14.7. The lowest BCUT2D eigenvalue weighted by Gasteiger charge is -2.13. The highest BCUT2D eigenvalue weighted by Crippen LogP contribution is 2.18. The molecule has 0 fully saturated rings. The molecule has 3 nitrogen and oxygen atoms in total. The lowest BCUT2D eigenvalue weighted by Crippen LogP contribution is -2.14. The molecule has 2 aromatic rings. The van der Waals surface area contributed by atoms with Crippen molar-refractivity contribution in [2.45, 2.75) is 45.8 Å². The Balaban J connectivity index is 1.65. The molecule has 0 N–H and O–H groups in total. The maximum absolute atomic E-state index is 5.76. The van der Waals surface area contributed by atoms with Crippen LogP contribution in [0.4, 0.5) is 0 Å². The molecule has 3 heteroatoms. The summed E-state index contributed by atoms with van der Waals surface area (Å²) in [5, 5.41) is 0. The molecule has 0 aliphatic rings. The first-order valence-corrected chi connectivity index (χ1v) is 8.79. The Morgan fingerprint density at radius 3 is 2.17 bits per heavy atom. The molecular formula is C21H28O3. The molecule has 0 amide bonds. The van der Waals surface area contributed by atoms with Gasteiger partial charge < -0.3 is 14.2 Å². The number of benzene rings is 2. The van der Waals surface area contributed by atoms with Gasteiger partial charge in [0, 0.05) is 0 Å². The molecule has 24 heavy (non-hydrogen) atoms. The molecule has 130 valence electrons. The minimum Gasteiger partial charge on any atom is -0.491 e. The van der Waals surface area contributed by atoms with Crippen LogP contribution in [0.1, 0.15) is 38.7 Å². The van der Waals surface area contributed by atoms with Gasteiger partial charge in [0.1, 0.15) is 24.7 Å². The van der Waals surface area contributed by atoms with Gasteiger partial charge in [-0.25, -0.2) is 0 Å². The van der Waals surface area contributed by atoms with Gasteiger partial charge in [-0.15, -0.1) is 0 Å². The highest BCUT2D eigenvalue weighted by atomic mass is 16.5. The van der Waals surface area contributed by atoms with Gasteiger partial charge in [0.05, 0.1) is 12.7 Å². The average molecular weight is 328 g/mol. The topological polar surface area (TPSA) is 27.7 Å². The van der Waals surface area contributed by atoms with Gasteiger partial charge in [0.2, 0.25) is 0 Å². The van der Waals surface area contributed by atoms with E-state index in [1.165, 1.54) is 12.8 Å². The monoisotopic (exact) mass is 328 g/mol. The van der Waals surface area contributed by atoms with Gasteiger partial charge in [-0.05, 0) is 43.2 Å². The second kappa shape index (κ2) is 10.7. The first-order valence-electron chi connectivity index (χ1n) is 8.79. The van der Waals surface area contributed by atoms with Crippen molar-refractivity contribution in [3.8, 4) is 11.5 Å². The van der Waals surface area contributed by atoms with Gasteiger partial charge in [0.25, 0.3) is 0 Å². The average Bonchev–Trinajstić information content (AvgIpc) is 2.63. The third-order valence-corrected chi connectivity index (χ3v) is 3.79. The Labute approximate surface area is 145 Å². The van der Waals surface area contributed by atoms with E-state index >= 15 is 0 Å². The van der Waals surface area contributed by atoms with Gasteiger partial charge >= 0.3 is 0 Å². The van der Waals surface area contributed by atoms with Crippen molar-refractivity contribution in [3.63, 3.8) is 0 Å². The van der Waals surface area contributed by atoms with Crippen LogP contribution in [0, 0.1) is 0 Å². The van der Waals surface area contributed by atoms with Crippen molar-refractivity contribution in [2.75, 3.05) is 13.2 Å². The molecule has 0 saturated carbocycles. The summed E-state index contributed by atoms with van der Waals surface area (Å²) in [5.74, 6) is 1.68. The Morgan fingerprint density at radius 2 is 1.50 bits per heavy atom. The molecular weight excluding hydrogens is 300 g/mol. The molecule has 0 saturated heterocycles. The first-order chi connectivity index (χ1) is 11.8. The number of hydrogen-bond donors (Lipinski definition) is 0. The highest BCUT2D eigenvalue weighted by Gasteiger charge is 2.02. The fraction of sp³-hybridized carbons (Fsp3) is 0.429. The van der Waals surface area contributed by atoms with Crippen LogP contribution in [0.15, 0.2) is 54.6 Å². The molecule has 2 rings (SSSR count). The van der Waals surface area contributed by atoms with Crippen molar-refractivity contribution < 1.29 is 14.2 Å². The van der Waals surface area contributed by atoms with E-state index in [0.29, 0.717) is 25.9 Å². The van der Waals surface area contributed by atoms with Crippen LogP contribution in [0.5, 0.6) is 11.5 Å². The zero-order chi connectivity index (χ0) is 17.0. The number of unbranched alkanes of at least 4 members (excludes halogenated alkanes) is 1. The second-order valence-electron chi connectivity index (χ2n) is 5.92. The predicted octanol–water partition coefficient (Wildman–Crippen LogP) is 5.24. The van der Waals surface area contributed by atoms with Crippen LogP contribution in [-0.2, 0) is 11.3 Å². The highest BCUT2D eigenvalue weighted by molar-refractivity contribution is 5.31. The van der Waals surface area contributed by atoms with Crippen LogP contribution in [-0.4, -0.2) is 19.3 Å². The van der Waals surface area contributed by atoms with E-state index in [1.807, 2.05) is 42.5 Å². The van der Waals surface area contributed by atoms with E-state index < -0.39 is 0 Å². The summed E-state index contributed by atoms with van der Waals surface area (Å²) < 4.78 is 17.2. The Morgan fingerprint density at radius 1 is 0.833 bits per heavy atom. The van der Waals surface area contributed by atoms with E-state index in [-0.39, 0.29) is 0 Å². The van der Waals surface area contributed by atoms with Gasteiger partial charge in [0.15, 0.2) is 0 Å².